The van der Waals surface area contributed by atoms with E-state index in [4.69, 9.17) is 9.62 Å². The molecule has 1 amide bonds. The van der Waals surface area contributed by atoms with Crippen molar-refractivity contribution in [2.24, 2.45) is 10.2 Å². The van der Waals surface area contributed by atoms with Gasteiger partial charge in [-0.2, -0.15) is 5.10 Å². The Balaban J connectivity index is 0.00000144. The third-order valence-electron chi connectivity index (χ3n) is 6.00. The Morgan fingerprint density at radius 2 is 1.61 bits per heavy atom. The van der Waals surface area contributed by atoms with Crippen molar-refractivity contribution in [2.75, 3.05) is 6.54 Å². The van der Waals surface area contributed by atoms with Crippen LogP contribution in [0.15, 0.2) is 100 Å². The number of hydrazone groups is 2. The molecule has 6 rings (SSSR count). The Labute approximate surface area is 219 Å². The van der Waals surface area contributed by atoms with Crippen LogP contribution in [0.25, 0.3) is 22.4 Å². The Morgan fingerprint density at radius 1 is 0.895 bits per heavy atom. The number of carbonyl (C=O) groups excluding carboxylic acids is 1. The summed E-state index contributed by atoms with van der Waals surface area (Å²) in [6.45, 7) is 4.35. The molecule has 0 aliphatic carbocycles. The molecular formula is C29H25FN6O2. The first-order valence-corrected chi connectivity index (χ1v) is 12.3. The maximum absolute atomic E-state index is 13.6. The van der Waals surface area contributed by atoms with Gasteiger partial charge >= 0.3 is 0 Å². The highest BCUT2D eigenvalue weighted by Gasteiger charge is 2.33. The SMILES string of the molecule is CC.O=C1CN2N=CC(c3ccc(F)cc3)=C(c3ccncc3)C2=NN1Cc1ccc(-c2ccon2)cc1. The summed E-state index contributed by atoms with van der Waals surface area (Å²) >= 11 is 0. The van der Waals surface area contributed by atoms with Crippen molar-refractivity contribution in [1.29, 1.82) is 0 Å². The fourth-order valence-corrected chi connectivity index (χ4v) is 4.18. The van der Waals surface area contributed by atoms with Crippen molar-refractivity contribution in [3.05, 3.63) is 108 Å². The number of hydrogen-bond acceptors (Lipinski definition) is 7. The molecule has 0 fully saturated rings. The third kappa shape index (κ3) is 4.99. The van der Waals surface area contributed by atoms with E-state index in [0.29, 0.717) is 12.4 Å². The van der Waals surface area contributed by atoms with Crippen LogP contribution in [0, 0.1) is 5.82 Å². The van der Waals surface area contributed by atoms with E-state index >= 15 is 0 Å². The van der Waals surface area contributed by atoms with E-state index in [-0.39, 0.29) is 18.3 Å². The lowest BCUT2D eigenvalue weighted by molar-refractivity contribution is -0.133. The number of aromatic nitrogens is 2. The Morgan fingerprint density at radius 3 is 2.29 bits per heavy atom. The topological polar surface area (TPSA) is 87.2 Å². The fraction of sp³-hybridized carbons (Fsp3) is 0.138. The van der Waals surface area contributed by atoms with Crippen LogP contribution in [-0.4, -0.2) is 44.7 Å². The highest BCUT2D eigenvalue weighted by molar-refractivity contribution is 6.39. The third-order valence-corrected chi connectivity index (χ3v) is 6.00. The van der Waals surface area contributed by atoms with Crippen LogP contribution < -0.4 is 0 Å². The second-order valence-electron chi connectivity index (χ2n) is 8.29. The molecule has 0 spiro atoms. The monoisotopic (exact) mass is 508 g/mol. The summed E-state index contributed by atoms with van der Waals surface area (Å²) in [6.07, 6.45) is 6.61. The first kappa shape index (κ1) is 24.8. The first-order valence-electron chi connectivity index (χ1n) is 12.3. The lowest BCUT2D eigenvalue weighted by Crippen LogP contribution is -2.46. The summed E-state index contributed by atoms with van der Waals surface area (Å²) in [6, 6.07) is 19.5. The van der Waals surface area contributed by atoms with Gasteiger partial charge in [0.15, 0.2) is 5.84 Å². The number of carbonyl (C=O) groups is 1. The molecule has 0 unspecified atom stereocenters. The summed E-state index contributed by atoms with van der Waals surface area (Å²) in [4.78, 5) is 17.1. The molecule has 0 saturated heterocycles. The van der Waals surface area contributed by atoms with Gasteiger partial charge in [0.05, 0.1) is 12.8 Å². The van der Waals surface area contributed by atoms with E-state index in [0.717, 1.165) is 39.1 Å². The predicted molar refractivity (Wildman–Crippen MR) is 144 cm³/mol. The van der Waals surface area contributed by atoms with Crippen molar-refractivity contribution in [2.45, 2.75) is 20.4 Å². The lowest BCUT2D eigenvalue weighted by atomic mass is 9.93. The zero-order valence-corrected chi connectivity index (χ0v) is 21.0. The van der Waals surface area contributed by atoms with Gasteiger partial charge in [0, 0.05) is 35.2 Å². The smallest absolute Gasteiger partial charge is 0.264 e. The number of amidine groups is 1. The van der Waals surface area contributed by atoms with Gasteiger partial charge in [-0.3, -0.25) is 9.78 Å². The van der Waals surface area contributed by atoms with Gasteiger partial charge in [0.25, 0.3) is 5.91 Å². The molecule has 190 valence electrons. The van der Waals surface area contributed by atoms with Gasteiger partial charge in [0.2, 0.25) is 0 Å². The fourth-order valence-electron chi connectivity index (χ4n) is 4.18. The minimum atomic E-state index is -0.319. The van der Waals surface area contributed by atoms with E-state index in [9.17, 15) is 9.18 Å². The molecular weight excluding hydrogens is 483 g/mol. The van der Waals surface area contributed by atoms with Gasteiger partial charge in [0.1, 0.15) is 24.3 Å². The summed E-state index contributed by atoms with van der Waals surface area (Å²) in [5.74, 6) is 0.0539. The van der Waals surface area contributed by atoms with E-state index in [2.05, 4.69) is 15.2 Å². The molecule has 0 atom stereocenters. The summed E-state index contributed by atoms with van der Waals surface area (Å²) in [5, 5.41) is 16.2. The molecule has 4 heterocycles. The number of amides is 1. The Kier molecular flexibility index (Phi) is 7.17. The number of benzene rings is 2. The number of nitrogens with zero attached hydrogens (tertiary/aromatic N) is 6. The molecule has 0 saturated carbocycles. The Bertz CT molecular complexity index is 1500. The Hall–Kier alpha value is -4.92. The standard InChI is InChI=1S/C27H19FN6O2.C2H6/c28-22-7-5-19(6-8-22)23-15-30-34-17-25(35)33(31-27(34)26(23)21-9-12-29-13-10-21)16-18-1-3-20(4-2-18)24-11-14-36-32-24;1-2/h1-15H,16-17H2;1-2H3. The molecule has 9 heteroatoms. The van der Waals surface area contributed by atoms with Crippen molar-refractivity contribution in [1.82, 2.24) is 20.2 Å². The predicted octanol–water partition coefficient (Wildman–Crippen LogP) is 5.47. The van der Waals surface area contributed by atoms with Crippen LogP contribution in [0.2, 0.25) is 0 Å². The second-order valence-corrected chi connectivity index (χ2v) is 8.29. The normalized spacial score (nSPS) is 14.6. The average molecular weight is 509 g/mol. The summed E-state index contributed by atoms with van der Waals surface area (Å²) in [7, 11) is 0. The van der Waals surface area contributed by atoms with Crippen molar-refractivity contribution in [3.63, 3.8) is 0 Å². The minimum Gasteiger partial charge on any atom is -0.364 e. The molecule has 38 heavy (non-hydrogen) atoms. The molecule has 0 radical (unpaired) electrons. The van der Waals surface area contributed by atoms with E-state index in [1.54, 1.807) is 41.8 Å². The average Bonchev–Trinajstić information content (AvgIpc) is 3.51. The molecule has 2 aliphatic rings. The molecule has 0 N–H and O–H groups in total. The highest BCUT2D eigenvalue weighted by Crippen LogP contribution is 2.33. The number of hydrogen-bond donors (Lipinski definition) is 0. The maximum Gasteiger partial charge on any atom is 0.264 e. The zero-order valence-electron chi connectivity index (χ0n) is 21.0. The van der Waals surface area contributed by atoms with Gasteiger partial charge in [-0.15, -0.1) is 5.10 Å². The summed E-state index contributed by atoms with van der Waals surface area (Å²) < 4.78 is 18.5. The molecule has 2 aromatic carbocycles. The van der Waals surface area contributed by atoms with Crippen molar-refractivity contribution >= 4 is 29.1 Å². The van der Waals surface area contributed by atoms with Crippen LogP contribution in [0.1, 0.15) is 30.5 Å². The summed E-state index contributed by atoms with van der Waals surface area (Å²) in [5.41, 5.74) is 5.81. The number of fused-ring (bicyclic) bond motifs is 1. The first-order chi connectivity index (χ1) is 18.7. The number of pyridine rings is 1. The van der Waals surface area contributed by atoms with Crippen LogP contribution >= 0.6 is 0 Å². The van der Waals surface area contributed by atoms with Crippen LogP contribution in [0.4, 0.5) is 4.39 Å². The van der Waals surface area contributed by atoms with Crippen molar-refractivity contribution < 1.29 is 13.7 Å². The van der Waals surface area contributed by atoms with Gasteiger partial charge in [-0.1, -0.05) is 55.4 Å². The second kappa shape index (κ2) is 11.0. The van der Waals surface area contributed by atoms with Gasteiger partial charge in [-0.05, 0) is 41.0 Å². The van der Waals surface area contributed by atoms with Crippen LogP contribution in [0.3, 0.4) is 0 Å². The highest BCUT2D eigenvalue weighted by atomic mass is 19.1. The largest absolute Gasteiger partial charge is 0.364 e. The molecule has 2 aliphatic heterocycles. The number of halogens is 1. The lowest BCUT2D eigenvalue weighted by Gasteiger charge is -2.34. The zero-order chi connectivity index (χ0) is 26.5. The van der Waals surface area contributed by atoms with Crippen LogP contribution in [0.5, 0.6) is 0 Å². The van der Waals surface area contributed by atoms with E-state index < -0.39 is 0 Å². The number of rotatable bonds is 5. The minimum absolute atomic E-state index is 0.0532. The van der Waals surface area contributed by atoms with Crippen molar-refractivity contribution in [3.8, 4) is 11.3 Å². The van der Waals surface area contributed by atoms with Gasteiger partial charge < -0.3 is 4.52 Å². The molecule has 2 aromatic heterocycles. The number of allylic oxidation sites excluding steroid dienone is 1. The molecule has 0 bridgehead atoms. The molecule has 8 nitrogen and oxygen atoms in total. The van der Waals surface area contributed by atoms with Crippen LogP contribution in [-0.2, 0) is 11.3 Å². The quantitative estimate of drug-likeness (QED) is 0.357. The van der Waals surface area contributed by atoms with E-state index in [1.807, 2.05) is 50.2 Å². The van der Waals surface area contributed by atoms with Gasteiger partial charge in [-0.25, -0.2) is 14.4 Å². The van der Waals surface area contributed by atoms with E-state index in [1.165, 1.54) is 23.4 Å². The molecule has 4 aromatic rings. The maximum atomic E-state index is 13.6.